The van der Waals surface area contributed by atoms with Crippen molar-refractivity contribution in [1.29, 1.82) is 0 Å². The third-order valence-electron chi connectivity index (χ3n) is 11.3. The SMILES string of the molecule is CCCCCCCCCCCCCC/C=C/CC/C=C/CC/C=C/C(O)C(COC1OC(CO)C(OC2OC(CO)C(O)C(O)C2O)C(O)C1O)NC(=O)CCCCCC. The first-order valence-corrected chi connectivity index (χ1v) is 23.2. The Morgan fingerprint density at radius 3 is 1.63 bits per heavy atom. The van der Waals surface area contributed by atoms with E-state index in [1.54, 1.807) is 6.08 Å². The molecule has 2 saturated heterocycles. The number of nitrogens with one attached hydrogen (secondary N) is 1. The van der Waals surface area contributed by atoms with E-state index in [9.17, 15) is 45.6 Å². The van der Waals surface area contributed by atoms with E-state index >= 15 is 0 Å². The third-order valence-corrected chi connectivity index (χ3v) is 11.3. The van der Waals surface area contributed by atoms with E-state index in [-0.39, 0.29) is 18.9 Å². The van der Waals surface area contributed by atoms with Crippen LogP contribution in [0.5, 0.6) is 0 Å². The lowest BCUT2D eigenvalue weighted by Gasteiger charge is -2.46. The van der Waals surface area contributed by atoms with Crippen LogP contribution in [0.2, 0.25) is 0 Å². The summed E-state index contributed by atoms with van der Waals surface area (Å²) in [4.78, 5) is 12.8. The van der Waals surface area contributed by atoms with Gasteiger partial charge in [0, 0.05) is 6.42 Å². The number of allylic oxidation sites excluding steroid dienone is 5. The standard InChI is InChI=1S/C46H83NO13/c1-3-5-7-9-10-11-12-13-14-15-16-17-18-19-20-21-22-23-24-25-26-27-29-35(50)34(47-38(51)30-28-8-6-4-2)33-57-45-43(56)41(54)44(37(32-49)59-45)60-46-42(55)40(53)39(52)36(31-48)58-46/h19-20,23-24,27,29,34-37,39-46,48-50,52-56H,3-18,21-22,25-26,28,30-33H2,1-2H3,(H,47,51)/b20-19+,24-23+,29-27+. The summed E-state index contributed by atoms with van der Waals surface area (Å²) < 4.78 is 22.5. The van der Waals surface area contributed by atoms with E-state index in [1.165, 1.54) is 77.0 Å². The molecule has 2 fully saturated rings. The lowest BCUT2D eigenvalue weighted by Crippen LogP contribution is -2.65. The van der Waals surface area contributed by atoms with Gasteiger partial charge in [-0.2, -0.15) is 0 Å². The number of ether oxygens (including phenoxy) is 4. The van der Waals surface area contributed by atoms with Crippen molar-refractivity contribution in [2.24, 2.45) is 0 Å². The van der Waals surface area contributed by atoms with Gasteiger partial charge in [-0.1, -0.05) is 140 Å². The van der Waals surface area contributed by atoms with E-state index in [0.717, 1.165) is 44.9 Å². The van der Waals surface area contributed by atoms with Crippen LogP contribution in [0.25, 0.3) is 0 Å². The first kappa shape index (κ1) is 54.3. The van der Waals surface area contributed by atoms with E-state index < -0.39 is 86.8 Å². The minimum absolute atomic E-state index is 0.261. The number of unbranched alkanes of at least 4 members (excludes halogenated alkanes) is 17. The van der Waals surface area contributed by atoms with Crippen LogP contribution in [-0.4, -0.2) is 140 Å². The number of hydrogen-bond acceptors (Lipinski definition) is 13. The highest BCUT2D eigenvalue weighted by Gasteiger charge is 2.50. The van der Waals surface area contributed by atoms with Gasteiger partial charge >= 0.3 is 0 Å². The van der Waals surface area contributed by atoms with Crippen LogP contribution in [0.15, 0.2) is 36.5 Å². The van der Waals surface area contributed by atoms with Gasteiger partial charge in [0.1, 0.15) is 48.8 Å². The average molecular weight is 858 g/mol. The molecule has 2 heterocycles. The van der Waals surface area contributed by atoms with Crippen molar-refractivity contribution in [3.05, 3.63) is 36.5 Å². The maximum absolute atomic E-state index is 12.8. The quantitative estimate of drug-likeness (QED) is 0.0315. The van der Waals surface area contributed by atoms with Crippen LogP contribution in [0, 0.1) is 0 Å². The molecule has 2 aliphatic heterocycles. The van der Waals surface area contributed by atoms with Gasteiger partial charge in [0.15, 0.2) is 12.6 Å². The molecule has 1 amide bonds. The van der Waals surface area contributed by atoms with Crippen LogP contribution in [0.3, 0.4) is 0 Å². The van der Waals surface area contributed by atoms with Crippen molar-refractivity contribution in [2.45, 2.75) is 229 Å². The number of carbonyl (C=O) groups is 1. The van der Waals surface area contributed by atoms with Crippen LogP contribution in [0.4, 0.5) is 0 Å². The normalized spacial score (nSPS) is 28.6. The third kappa shape index (κ3) is 21.5. The summed E-state index contributed by atoms with van der Waals surface area (Å²) in [5.41, 5.74) is 0. The Kier molecular flexibility index (Phi) is 30.5. The summed E-state index contributed by atoms with van der Waals surface area (Å²) >= 11 is 0. The summed E-state index contributed by atoms with van der Waals surface area (Å²) in [7, 11) is 0. The fourth-order valence-corrected chi connectivity index (χ4v) is 7.44. The van der Waals surface area contributed by atoms with Crippen LogP contribution in [0.1, 0.15) is 155 Å². The molecule has 350 valence electrons. The van der Waals surface area contributed by atoms with Crippen molar-refractivity contribution >= 4 is 5.91 Å². The van der Waals surface area contributed by atoms with Gasteiger partial charge in [0.2, 0.25) is 5.91 Å². The monoisotopic (exact) mass is 858 g/mol. The Bertz CT molecular complexity index is 1150. The Balaban J connectivity index is 1.78. The molecule has 12 unspecified atom stereocenters. The topological polar surface area (TPSA) is 228 Å². The summed E-state index contributed by atoms with van der Waals surface area (Å²) in [6.45, 7) is 2.60. The van der Waals surface area contributed by atoms with E-state index in [2.05, 4.69) is 43.5 Å². The van der Waals surface area contributed by atoms with Crippen LogP contribution < -0.4 is 5.32 Å². The first-order chi connectivity index (χ1) is 29.1. The fourth-order valence-electron chi connectivity index (χ4n) is 7.44. The smallest absolute Gasteiger partial charge is 0.220 e. The number of amides is 1. The summed E-state index contributed by atoms with van der Waals surface area (Å²) in [5.74, 6) is -0.274. The van der Waals surface area contributed by atoms with Crippen LogP contribution >= 0.6 is 0 Å². The lowest BCUT2D eigenvalue weighted by molar-refractivity contribution is -0.359. The number of aliphatic hydroxyl groups excluding tert-OH is 8. The highest BCUT2D eigenvalue weighted by molar-refractivity contribution is 5.76. The Hall–Kier alpha value is -1.79. The fraction of sp³-hybridized carbons (Fsp3) is 0.848. The lowest BCUT2D eigenvalue weighted by atomic mass is 9.97. The maximum atomic E-state index is 12.8. The summed E-state index contributed by atoms with van der Waals surface area (Å²) in [5, 5.41) is 86.0. The van der Waals surface area contributed by atoms with Gasteiger partial charge in [-0.05, 0) is 44.9 Å². The second-order valence-electron chi connectivity index (χ2n) is 16.5. The molecule has 0 bridgehead atoms. The molecule has 2 aliphatic rings. The Morgan fingerprint density at radius 2 is 1.07 bits per heavy atom. The van der Waals surface area contributed by atoms with Crippen molar-refractivity contribution in [2.75, 3.05) is 19.8 Å². The number of aliphatic hydroxyl groups is 8. The van der Waals surface area contributed by atoms with Crippen molar-refractivity contribution in [1.82, 2.24) is 5.32 Å². The van der Waals surface area contributed by atoms with Gasteiger partial charge in [0.25, 0.3) is 0 Å². The second-order valence-corrected chi connectivity index (χ2v) is 16.5. The molecule has 0 aliphatic carbocycles. The Labute approximate surface area is 360 Å². The van der Waals surface area contributed by atoms with Crippen molar-refractivity contribution in [3.8, 4) is 0 Å². The molecule has 0 aromatic rings. The van der Waals surface area contributed by atoms with E-state index in [1.807, 2.05) is 6.08 Å². The molecule has 14 nitrogen and oxygen atoms in total. The maximum Gasteiger partial charge on any atom is 0.220 e. The van der Waals surface area contributed by atoms with Crippen LogP contribution in [-0.2, 0) is 23.7 Å². The first-order valence-electron chi connectivity index (χ1n) is 23.2. The summed E-state index contributed by atoms with van der Waals surface area (Å²) in [6, 6.07) is -0.930. The molecule has 9 N–H and O–H groups in total. The number of rotatable bonds is 34. The average Bonchev–Trinajstić information content (AvgIpc) is 3.24. The molecule has 0 aromatic heterocycles. The van der Waals surface area contributed by atoms with Gasteiger partial charge < -0.3 is 65.1 Å². The Morgan fingerprint density at radius 1 is 0.583 bits per heavy atom. The van der Waals surface area contributed by atoms with E-state index in [0.29, 0.717) is 12.8 Å². The minimum Gasteiger partial charge on any atom is -0.394 e. The van der Waals surface area contributed by atoms with Gasteiger partial charge in [-0.3, -0.25) is 4.79 Å². The second kappa shape index (κ2) is 33.7. The van der Waals surface area contributed by atoms with Crippen molar-refractivity contribution < 1.29 is 64.6 Å². The van der Waals surface area contributed by atoms with Gasteiger partial charge in [-0.15, -0.1) is 0 Å². The zero-order valence-corrected chi connectivity index (χ0v) is 36.7. The molecule has 0 spiro atoms. The molecular weight excluding hydrogens is 775 g/mol. The molecule has 14 heteroatoms. The molecular formula is C46H83NO13. The van der Waals surface area contributed by atoms with E-state index in [4.69, 9.17) is 18.9 Å². The molecule has 60 heavy (non-hydrogen) atoms. The zero-order valence-electron chi connectivity index (χ0n) is 36.7. The predicted octanol–water partition coefficient (Wildman–Crippen LogP) is 4.76. The largest absolute Gasteiger partial charge is 0.394 e. The highest BCUT2D eigenvalue weighted by atomic mass is 16.7. The molecule has 0 saturated carbocycles. The molecule has 2 rings (SSSR count). The van der Waals surface area contributed by atoms with Crippen molar-refractivity contribution in [3.63, 3.8) is 0 Å². The summed E-state index contributed by atoms with van der Waals surface area (Å²) in [6.07, 6.45) is 20.0. The molecule has 0 aromatic carbocycles. The number of carbonyl (C=O) groups excluding carboxylic acids is 1. The highest BCUT2D eigenvalue weighted by Crippen LogP contribution is 2.30. The zero-order chi connectivity index (χ0) is 44.0. The van der Waals surface area contributed by atoms with Gasteiger partial charge in [-0.25, -0.2) is 0 Å². The number of hydrogen-bond donors (Lipinski definition) is 9. The predicted molar refractivity (Wildman–Crippen MR) is 231 cm³/mol. The molecule has 12 atom stereocenters. The van der Waals surface area contributed by atoms with Gasteiger partial charge in [0.05, 0.1) is 32.0 Å². The molecule has 0 radical (unpaired) electrons. The minimum atomic E-state index is -1.79.